The first-order chi connectivity index (χ1) is 12.1. The van der Waals surface area contributed by atoms with Crippen LogP contribution in [0, 0.1) is 0 Å². The molecule has 0 aromatic heterocycles. The predicted molar refractivity (Wildman–Crippen MR) is 98.0 cm³/mol. The van der Waals surface area contributed by atoms with Gasteiger partial charge in [0.25, 0.3) is 5.91 Å². The van der Waals surface area contributed by atoms with Crippen molar-refractivity contribution >= 4 is 15.9 Å². The summed E-state index contributed by atoms with van der Waals surface area (Å²) in [6, 6.07) is 6.48. The van der Waals surface area contributed by atoms with Gasteiger partial charge >= 0.3 is 0 Å². The summed E-state index contributed by atoms with van der Waals surface area (Å²) < 4.78 is 28.3. The number of carbonyl (C=O) groups is 1. The summed E-state index contributed by atoms with van der Waals surface area (Å²) >= 11 is 0. The third-order valence-corrected chi connectivity index (χ3v) is 6.73. The first kappa shape index (κ1) is 18.4. The number of hydrogen-bond acceptors (Lipinski definition) is 3. The second-order valence-corrected chi connectivity index (χ2v) is 8.90. The average Bonchev–Trinajstić information content (AvgIpc) is 2.90. The zero-order valence-corrected chi connectivity index (χ0v) is 15.6. The van der Waals surface area contributed by atoms with Gasteiger partial charge in [-0.05, 0) is 50.3 Å². The summed E-state index contributed by atoms with van der Waals surface area (Å²) in [5.74, 6) is -0.0637. The van der Waals surface area contributed by atoms with Crippen LogP contribution in [0.15, 0.2) is 29.2 Å². The van der Waals surface area contributed by atoms with Gasteiger partial charge in [-0.2, -0.15) is 0 Å². The summed E-state index contributed by atoms with van der Waals surface area (Å²) in [6.07, 6.45) is 9.48. The Labute approximate surface area is 150 Å². The Kier molecular flexibility index (Phi) is 6.12. The minimum Gasteiger partial charge on any atom is -0.339 e. The van der Waals surface area contributed by atoms with Crippen LogP contribution in [-0.2, 0) is 10.0 Å². The van der Waals surface area contributed by atoms with Crippen LogP contribution in [0.3, 0.4) is 0 Å². The summed E-state index contributed by atoms with van der Waals surface area (Å²) in [5.41, 5.74) is 0.464. The highest BCUT2D eigenvalue weighted by Crippen LogP contribution is 2.21. The van der Waals surface area contributed by atoms with E-state index in [0.29, 0.717) is 5.56 Å². The largest absolute Gasteiger partial charge is 0.339 e. The monoisotopic (exact) mass is 364 g/mol. The third kappa shape index (κ3) is 4.82. The maximum absolute atomic E-state index is 12.7. The lowest BCUT2D eigenvalue weighted by atomic mass is 10.1. The Morgan fingerprint density at radius 1 is 0.960 bits per heavy atom. The molecule has 1 aliphatic carbocycles. The van der Waals surface area contributed by atoms with Crippen LogP contribution >= 0.6 is 0 Å². The molecule has 0 atom stereocenters. The van der Waals surface area contributed by atoms with Gasteiger partial charge in [0.1, 0.15) is 0 Å². The van der Waals surface area contributed by atoms with Crippen LogP contribution in [0.4, 0.5) is 0 Å². The Bertz CT molecular complexity index is 688. The molecule has 3 rings (SSSR count). The van der Waals surface area contributed by atoms with Crippen molar-refractivity contribution in [1.82, 2.24) is 9.62 Å². The predicted octanol–water partition coefficient (Wildman–Crippen LogP) is 3.31. The van der Waals surface area contributed by atoms with Gasteiger partial charge in [-0.1, -0.05) is 31.7 Å². The van der Waals surface area contributed by atoms with Crippen molar-refractivity contribution in [3.05, 3.63) is 29.8 Å². The fraction of sp³-hybridized carbons (Fsp3) is 0.632. The maximum atomic E-state index is 12.7. The van der Waals surface area contributed by atoms with Crippen LogP contribution < -0.4 is 4.72 Å². The number of likely N-dealkylation sites (tertiary alicyclic amines) is 1. The lowest BCUT2D eigenvalue weighted by molar-refractivity contribution is 0.0724. The van der Waals surface area contributed by atoms with E-state index in [0.717, 1.165) is 58.0 Å². The number of hydrogen-bond donors (Lipinski definition) is 1. The lowest BCUT2D eigenvalue weighted by Gasteiger charge is -2.26. The Morgan fingerprint density at radius 3 is 2.28 bits per heavy atom. The Hall–Kier alpha value is -1.40. The fourth-order valence-electron chi connectivity index (χ4n) is 3.76. The zero-order valence-electron chi connectivity index (χ0n) is 14.7. The number of sulfonamides is 1. The van der Waals surface area contributed by atoms with E-state index in [-0.39, 0.29) is 16.8 Å². The van der Waals surface area contributed by atoms with Crippen molar-refractivity contribution in [1.29, 1.82) is 0 Å². The molecule has 0 bridgehead atoms. The van der Waals surface area contributed by atoms with Crippen molar-refractivity contribution in [2.45, 2.75) is 68.7 Å². The number of rotatable bonds is 4. The van der Waals surface area contributed by atoms with E-state index in [1.807, 2.05) is 4.90 Å². The molecule has 1 N–H and O–H groups in total. The number of piperidine rings is 1. The molecule has 1 heterocycles. The van der Waals surface area contributed by atoms with E-state index in [1.54, 1.807) is 18.2 Å². The molecule has 0 unspecified atom stereocenters. The first-order valence-electron chi connectivity index (χ1n) is 9.48. The van der Waals surface area contributed by atoms with Gasteiger partial charge in [-0.15, -0.1) is 0 Å². The molecular weight excluding hydrogens is 336 g/mol. The number of amides is 1. The van der Waals surface area contributed by atoms with E-state index in [1.165, 1.54) is 18.9 Å². The van der Waals surface area contributed by atoms with Crippen LogP contribution in [0.1, 0.15) is 68.1 Å². The number of nitrogens with zero attached hydrogens (tertiary/aromatic N) is 1. The van der Waals surface area contributed by atoms with Crippen molar-refractivity contribution in [3.63, 3.8) is 0 Å². The van der Waals surface area contributed by atoms with Gasteiger partial charge in [0.2, 0.25) is 10.0 Å². The van der Waals surface area contributed by atoms with Gasteiger partial charge in [-0.3, -0.25) is 4.79 Å². The van der Waals surface area contributed by atoms with Gasteiger partial charge in [0.15, 0.2) is 0 Å². The number of nitrogens with one attached hydrogen (secondary N) is 1. The van der Waals surface area contributed by atoms with Gasteiger partial charge in [-0.25, -0.2) is 13.1 Å². The van der Waals surface area contributed by atoms with E-state index in [9.17, 15) is 13.2 Å². The maximum Gasteiger partial charge on any atom is 0.253 e. The molecule has 0 radical (unpaired) electrons. The van der Waals surface area contributed by atoms with Crippen LogP contribution in [-0.4, -0.2) is 38.4 Å². The topological polar surface area (TPSA) is 66.5 Å². The fourth-order valence-corrected chi connectivity index (χ4v) is 5.11. The second kappa shape index (κ2) is 8.32. The smallest absolute Gasteiger partial charge is 0.253 e. The van der Waals surface area contributed by atoms with Crippen LogP contribution in [0.25, 0.3) is 0 Å². The highest BCUT2D eigenvalue weighted by atomic mass is 32.2. The minimum absolute atomic E-state index is 0.00829. The quantitative estimate of drug-likeness (QED) is 0.834. The molecule has 1 aromatic carbocycles. The second-order valence-electron chi connectivity index (χ2n) is 7.19. The van der Waals surface area contributed by atoms with Crippen molar-refractivity contribution in [2.75, 3.05) is 13.1 Å². The molecule has 5 nitrogen and oxygen atoms in total. The van der Waals surface area contributed by atoms with Gasteiger partial charge < -0.3 is 4.90 Å². The first-order valence-corrected chi connectivity index (χ1v) is 11.0. The standard InChI is InChI=1S/C19H28N2O3S/c22-19(21-13-6-3-7-14-21)16-9-8-12-18(15-16)25(23,24)20-17-10-4-1-2-5-11-17/h8-9,12,15,17,20H,1-7,10-11,13-14H2. The molecule has 2 aliphatic rings. The number of benzene rings is 1. The van der Waals surface area contributed by atoms with Crippen LogP contribution in [0.2, 0.25) is 0 Å². The summed E-state index contributed by atoms with van der Waals surface area (Å²) in [6.45, 7) is 1.52. The Balaban J connectivity index is 1.73. The van der Waals surface area contributed by atoms with E-state index < -0.39 is 10.0 Å². The lowest BCUT2D eigenvalue weighted by Crippen LogP contribution is -2.36. The molecule has 1 saturated heterocycles. The van der Waals surface area contributed by atoms with Gasteiger partial charge in [0, 0.05) is 24.7 Å². The number of carbonyl (C=O) groups excluding carboxylic acids is 1. The van der Waals surface area contributed by atoms with Crippen molar-refractivity contribution in [3.8, 4) is 0 Å². The summed E-state index contributed by atoms with van der Waals surface area (Å²) in [5, 5.41) is 0. The molecule has 0 spiro atoms. The molecule has 6 heteroatoms. The summed E-state index contributed by atoms with van der Waals surface area (Å²) in [7, 11) is -3.58. The highest BCUT2D eigenvalue weighted by molar-refractivity contribution is 7.89. The molecular formula is C19H28N2O3S. The van der Waals surface area contributed by atoms with Crippen molar-refractivity contribution in [2.24, 2.45) is 0 Å². The Morgan fingerprint density at radius 2 is 1.60 bits per heavy atom. The molecule has 138 valence electrons. The molecule has 2 fully saturated rings. The summed E-state index contributed by atoms with van der Waals surface area (Å²) in [4.78, 5) is 14.6. The minimum atomic E-state index is -3.58. The van der Waals surface area contributed by atoms with E-state index >= 15 is 0 Å². The van der Waals surface area contributed by atoms with E-state index in [4.69, 9.17) is 0 Å². The zero-order chi connectivity index (χ0) is 17.7. The van der Waals surface area contributed by atoms with Crippen LogP contribution in [0.5, 0.6) is 0 Å². The van der Waals surface area contributed by atoms with E-state index in [2.05, 4.69) is 4.72 Å². The van der Waals surface area contributed by atoms with Gasteiger partial charge in [0.05, 0.1) is 4.90 Å². The highest BCUT2D eigenvalue weighted by Gasteiger charge is 2.23. The molecule has 1 saturated carbocycles. The molecule has 1 amide bonds. The molecule has 25 heavy (non-hydrogen) atoms. The average molecular weight is 365 g/mol. The van der Waals surface area contributed by atoms with Crippen molar-refractivity contribution < 1.29 is 13.2 Å². The third-order valence-electron chi connectivity index (χ3n) is 5.21. The normalized spacial score (nSPS) is 20.2. The molecule has 1 aliphatic heterocycles. The SMILES string of the molecule is O=C(c1cccc(S(=O)(=O)NC2CCCCCC2)c1)N1CCCCC1. The molecule has 1 aromatic rings.